The fourth-order valence-electron chi connectivity index (χ4n) is 3.98. The normalized spacial score (nSPS) is 15.2. The van der Waals surface area contributed by atoms with Crippen LogP contribution in [0.4, 0.5) is 11.4 Å². The summed E-state index contributed by atoms with van der Waals surface area (Å²) in [7, 11) is 0. The van der Waals surface area contributed by atoms with Gasteiger partial charge in [0.2, 0.25) is 5.91 Å². The molecule has 4 rings (SSSR count). The summed E-state index contributed by atoms with van der Waals surface area (Å²) in [5, 5.41) is 3.16. The van der Waals surface area contributed by atoms with Gasteiger partial charge in [-0.15, -0.1) is 0 Å². The molecule has 3 aromatic rings. The van der Waals surface area contributed by atoms with Crippen LogP contribution in [0, 0.1) is 0 Å². The maximum absolute atomic E-state index is 13.4. The fraction of sp³-hybridized carbons (Fsp3) is 0.192. The van der Waals surface area contributed by atoms with Crippen molar-refractivity contribution in [3.63, 3.8) is 0 Å². The molecule has 174 valence electrons. The minimum atomic E-state index is -0.531. The average Bonchev–Trinajstić information content (AvgIpc) is 3.02. The number of amides is 3. The molecule has 1 heterocycles. The van der Waals surface area contributed by atoms with E-state index < -0.39 is 5.91 Å². The molecule has 1 unspecified atom stereocenters. The van der Waals surface area contributed by atoms with Gasteiger partial charge in [-0.1, -0.05) is 41.9 Å². The second-order valence-corrected chi connectivity index (χ2v) is 8.34. The summed E-state index contributed by atoms with van der Waals surface area (Å²) in [4.78, 5) is 38.8. The molecule has 0 saturated heterocycles. The number of carbonyl (C=O) groups excluding carboxylic acids is 3. The Morgan fingerprint density at radius 1 is 1.00 bits per heavy atom. The molecule has 3 amide bonds. The zero-order valence-electron chi connectivity index (χ0n) is 18.4. The minimum Gasteiger partial charge on any atom is -0.368 e. The van der Waals surface area contributed by atoms with E-state index in [-0.39, 0.29) is 24.5 Å². The van der Waals surface area contributed by atoms with Crippen LogP contribution in [-0.2, 0) is 9.53 Å². The van der Waals surface area contributed by atoms with E-state index in [4.69, 9.17) is 22.1 Å². The van der Waals surface area contributed by atoms with Crippen molar-refractivity contribution in [3.05, 3.63) is 94.5 Å². The number of hydrogen-bond acceptors (Lipinski definition) is 4. The first kappa shape index (κ1) is 23.5. The maximum atomic E-state index is 13.4. The quantitative estimate of drug-likeness (QED) is 0.542. The third-order valence-corrected chi connectivity index (χ3v) is 5.93. The first-order valence-electron chi connectivity index (χ1n) is 10.9. The lowest BCUT2D eigenvalue weighted by atomic mass is 10.0. The molecule has 0 aromatic heterocycles. The topological polar surface area (TPSA) is 102 Å². The number of nitrogens with one attached hydrogen (secondary N) is 1. The Balaban J connectivity index is 1.51. The number of hydrogen-bond donors (Lipinski definition) is 2. The number of nitrogens with zero attached hydrogens (tertiary/aromatic N) is 1. The summed E-state index contributed by atoms with van der Waals surface area (Å²) >= 11 is 6.10. The van der Waals surface area contributed by atoms with Crippen LogP contribution in [0.25, 0.3) is 0 Å². The number of fused-ring (bicyclic) bond motifs is 1. The number of benzene rings is 3. The molecule has 3 aromatic carbocycles. The van der Waals surface area contributed by atoms with Crippen LogP contribution in [0.1, 0.15) is 45.2 Å². The fourth-order valence-corrected chi connectivity index (χ4v) is 4.20. The second-order valence-electron chi connectivity index (χ2n) is 7.94. The highest BCUT2D eigenvalue weighted by Crippen LogP contribution is 2.35. The Morgan fingerprint density at radius 3 is 2.44 bits per heavy atom. The lowest BCUT2D eigenvalue weighted by Gasteiger charge is -2.24. The number of anilines is 2. The lowest BCUT2D eigenvalue weighted by molar-refractivity contribution is -0.124. The van der Waals surface area contributed by atoms with Crippen LogP contribution in [0.2, 0.25) is 5.02 Å². The highest BCUT2D eigenvalue weighted by atomic mass is 35.5. The summed E-state index contributed by atoms with van der Waals surface area (Å²) in [5.74, 6) is -1.02. The first-order chi connectivity index (χ1) is 16.4. The third-order valence-electron chi connectivity index (χ3n) is 5.60. The van der Waals surface area contributed by atoms with Gasteiger partial charge in [0.25, 0.3) is 11.8 Å². The Morgan fingerprint density at radius 2 is 1.71 bits per heavy atom. The van der Waals surface area contributed by atoms with Crippen molar-refractivity contribution in [3.8, 4) is 0 Å². The molecular formula is C26H24ClN3O4. The van der Waals surface area contributed by atoms with E-state index in [1.165, 1.54) is 0 Å². The van der Waals surface area contributed by atoms with E-state index in [9.17, 15) is 14.4 Å². The van der Waals surface area contributed by atoms with Gasteiger partial charge in [0.15, 0.2) is 0 Å². The molecule has 0 aliphatic carbocycles. The second kappa shape index (κ2) is 10.5. The molecule has 0 radical (unpaired) electrons. The molecule has 0 bridgehead atoms. The largest absolute Gasteiger partial charge is 0.368 e. The Hall–Kier alpha value is -3.68. The summed E-state index contributed by atoms with van der Waals surface area (Å²) in [5.41, 5.74) is 8.25. The maximum Gasteiger partial charge on any atom is 0.258 e. The van der Waals surface area contributed by atoms with Gasteiger partial charge in [-0.05, 0) is 55.3 Å². The summed E-state index contributed by atoms with van der Waals surface area (Å²) in [6.07, 6.45) is 1.06. The van der Waals surface area contributed by atoms with Crippen LogP contribution >= 0.6 is 11.6 Å². The molecule has 0 fully saturated rings. The van der Waals surface area contributed by atoms with Gasteiger partial charge >= 0.3 is 0 Å². The molecule has 34 heavy (non-hydrogen) atoms. The van der Waals surface area contributed by atoms with Gasteiger partial charge in [-0.2, -0.15) is 0 Å². The first-order valence-corrected chi connectivity index (χ1v) is 11.3. The van der Waals surface area contributed by atoms with E-state index in [2.05, 4.69) is 5.32 Å². The predicted molar refractivity (Wildman–Crippen MR) is 131 cm³/mol. The van der Waals surface area contributed by atoms with E-state index in [0.717, 1.165) is 11.3 Å². The average molecular weight is 478 g/mol. The molecule has 7 nitrogen and oxygen atoms in total. The van der Waals surface area contributed by atoms with Gasteiger partial charge < -0.3 is 20.7 Å². The number of halogens is 1. The van der Waals surface area contributed by atoms with Crippen LogP contribution in [0.5, 0.6) is 0 Å². The van der Waals surface area contributed by atoms with E-state index in [0.29, 0.717) is 41.2 Å². The van der Waals surface area contributed by atoms with E-state index >= 15 is 0 Å². The number of nitrogens with two attached hydrogens (primary N) is 1. The molecule has 1 aliphatic heterocycles. The summed E-state index contributed by atoms with van der Waals surface area (Å²) < 4.78 is 5.72. The van der Waals surface area contributed by atoms with Gasteiger partial charge in [-0.25, -0.2) is 0 Å². The van der Waals surface area contributed by atoms with E-state index in [1.54, 1.807) is 53.4 Å². The predicted octanol–water partition coefficient (Wildman–Crippen LogP) is 4.58. The van der Waals surface area contributed by atoms with Gasteiger partial charge in [0.05, 0.1) is 16.7 Å². The SMILES string of the molecule is NC(=O)COC1CCCN(C(=O)c2ccc(NC(=O)c3ccccc3Cl)cc2)c2ccccc21. The lowest BCUT2D eigenvalue weighted by Crippen LogP contribution is -2.31. The summed E-state index contributed by atoms with van der Waals surface area (Å²) in [6.45, 7) is 0.339. The van der Waals surface area contributed by atoms with Crippen molar-refractivity contribution in [2.24, 2.45) is 5.73 Å². The Bertz CT molecular complexity index is 1210. The van der Waals surface area contributed by atoms with E-state index in [1.807, 2.05) is 24.3 Å². The van der Waals surface area contributed by atoms with Crippen molar-refractivity contribution in [2.45, 2.75) is 18.9 Å². The van der Waals surface area contributed by atoms with Crippen LogP contribution in [0.3, 0.4) is 0 Å². The monoisotopic (exact) mass is 477 g/mol. The van der Waals surface area contributed by atoms with Crippen LogP contribution in [0.15, 0.2) is 72.8 Å². The number of carbonyl (C=O) groups is 3. The number of ether oxygens (including phenoxy) is 1. The molecule has 0 spiro atoms. The molecule has 8 heteroatoms. The highest BCUT2D eigenvalue weighted by molar-refractivity contribution is 6.34. The van der Waals surface area contributed by atoms with Crippen molar-refractivity contribution in [1.82, 2.24) is 0 Å². The highest BCUT2D eigenvalue weighted by Gasteiger charge is 2.27. The van der Waals surface area contributed by atoms with Crippen molar-refractivity contribution < 1.29 is 19.1 Å². The van der Waals surface area contributed by atoms with Gasteiger partial charge in [0, 0.05) is 29.0 Å². The molecule has 3 N–H and O–H groups in total. The van der Waals surface area contributed by atoms with Crippen molar-refractivity contribution in [2.75, 3.05) is 23.4 Å². The van der Waals surface area contributed by atoms with Crippen LogP contribution in [-0.4, -0.2) is 30.9 Å². The van der Waals surface area contributed by atoms with Gasteiger partial charge in [0.1, 0.15) is 6.61 Å². The zero-order valence-corrected chi connectivity index (χ0v) is 19.1. The summed E-state index contributed by atoms with van der Waals surface area (Å²) in [6, 6.07) is 21.0. The standard InChI is InChI=1S/C26H24ClN3O4/c27-21-8-3-1-6-19(21)25(32)29-18-13-11-17(12-14-18)26(33)30-15-5-10-23(34-16-24(28)31)20-7-2-4-9-22(20)30/h1-4,6-9,11-14,23H,5,10,15-16H2,(H2,28,31)(H,29,32). The third kappa shape index (κ3) is 5.27. The number of rotatable bonds is 6. The smallest absolute Gasteiger partial charge is 0.258 e. The number of primary amides is 1. The van der Waals surface area contributed by atoms with Crippen molar-refractivity contribution in [1.29, 1.82) is 0 Å². The molecular weight excluding hydrogens is 454 g/mol. The van der Waals surface area contributed by atoms with Crippen LogP contribution < -0.4 is 16.0 Å². The number of para-hydroxylation sites is 1. The minimum absolute atomic E-state index is 0.160. The molecule has 0 saturated carbocycles. The zero-order chi connectivity index (χ0) is 24.1. The molecule has 1 atom stereocenters. The Labute approximate surface area is 202 Å². The van der Waals surface area contributed by atoms with Crippen molar-refractivity contribution >= 4 is 40.7 Å². The van der Waals surface area contributed by atoms with Gasteiger partial charge in [-0.3, -0.25) is 14.4 Å². The Kier molecular flexibility index (Phi) is 7.25. The molecule has 1 aliphatic rings.